The number of carbonyl (C=O) groups is 3. The summed E-state index contributed by atoms with van der Waals surface area (Å²) in [7, 11) is 1.75. The molecule has 0 bridgehead atoms. The monoisotopic (exact) mass is 490 g/mol. The normalized spacial score (nSPS) is 19.9. The molecule has 7 heteroatoms. The second kappa shape index (κ2) is 12.2. The van der Waals surface area contributed by atoms with Crippen LogP contribution in [0.25, 0.3) is 0 Å². The maximum absolute atomic E-state index is 14.0. The molecule has 3 amide bonds. The van der Waals surface area contributed by atoms with Crippen molar-refractivity contribution in [2.24, 2.45) is 5.92 Å². The van der Waals surface area contributed by atoms with Gasteiger partial charge in [-0.25, -0.2) is 0 Å². The van der Waals surface area contributed by atoms with E-state index in [0.29, 0.717) is 6.54 Å². The van der Waals surface area contributed by atoms with E-state index in [1.807, 2.05) is 66.4 Å². The highest BCUT2D eigenvalue weighted by atomic mass is 16.2. The van der Waals surface area contributed by atoms with Crippen LogP contribution in [0.5, 0.6) is 0 Å². The van der Waals surface area contributed by atoms with E-state index in [0.717, 1.165) is 61.9 Å². The Kier molecular flexibility index (Phi) is 8.75. The number of likely N-dealkylation sites (tertiary alicyclic amines) is 1. The fraction of sp³-hybridized carbons (Fsp3) is 0.483. The SMILES string of the molecule is CN[C@@H](C)C(=O)N[C@H](C(=O)N1CCC[C@H]1c1cccc(N(C=O)c2ccccc2)c1)C1CCCCC1. The van der Waals surface area contributed by atoms with Crippen molar-refractivity contribution in [1.29, 1.82) is 0 Å². The molecule has 2 fully saturated rings. The first-order chi connectivity index (χ1) is 17.5. The van der Waals surface area contributed by atoms with Crippen LogP contribution in [-0.4, -0.2) is 48.8 Å². The highest BCUT2D eigenvalue weighted by molar-refractivity contribution is 5.90. The minimum Gasteiger partial charge on any atom is -0.343 e. The lowest BCUT2D eigenvalue weighted by molar-refractivity contribution is -0.139. The van der Waals surface area contributed by atoms with Gasteiger partial charge in [-0.05, 0) is 75.4 Å². The lowest BCUT2D eigenvalue weighted by Crippen LogP contribution is -2.55. The molecule has 1 saturated heterocycles. The number of hydrogen-bond donors (Lipinski definition) is 2. The van der Waals surface area contributed by atoms with E-state index in [4.69, 9.17) is 0 Å². The summed E-state index contributed by atoms with van der Waals surface area (Å²) in [4.78, 5) is 42.3. The Morgan fingerprint density at radius 1 is 0.972 bits per heavy atom. The number of anilines is 2. The first-order valence-corrected chi connectivity index (χ1v) is 13.2. The van der Waals surface area contributed by atoms with Crippen LogP contribution in [0, 0.1) is 5.92 Å². The van der Waals surface area contributed by atoms with E-state index in [1.165, 1.54) is 6.42 Å². The van der Waals surface area contributed by atoms with Gasteiger partial charge in [0.05, 0.1) is 12.1 Å². The number of nitrogens with zero attached hydrogens (tertiary/aromatic N) is 2. The Hall–Kier alpha value is -3.19. The summed E-state index contributed by atoms with van der Waals surface area (Å²) in [6, 6.07) is 16.5. The van der Waals surface area contributed by atoms with Crippen molar-refractivity contribution in [3.8, 4) is 0 Å². The van der Waals surface area contributed by atoms with Gasteiger partial charge >= 0.3 is 0 Å². The number of rotatable bonds is 9. The smallest absolute Gasteiger partial charge is 0.245 e. The van der Waals surface area contributed by atoms with Crippen molar-refractivity contribution in [3.63, 3.8) is 0 Å². The van der Waals surface area contributed by atoms with Crippen LogP contribution in [-0.2, 0) is 14.4 Å². The van der Waals surface area contributed by atoms with Gasteiger partial charge in [0.1, 0.15) is 6.04 Å². The summed E-state index contributed by atoms with van der Waals surface area (Å²) in [5.41, 5.74) is 2.58. The molecule has 1 heterocycles. The molecule has 3 atom stereocenters. The average Bonchev–Trinajstić information content (AvgIpc) is 3.43. The number of hydrogen-bond acceptors (Lipinski definition) is 4. The van der Waals surface area contributed by atoms with Crippen molar-refractivity contribution < 1.29 is 14.4 Å². The molecule has 0 radical (unpaired) electrons. The van der Waals surface area contributed by atoms with Crippen molar-refractivity contribution >= 4 is 29.6 Å². The van der Waals surface area contributed by atoms with E-state index in [1.54, 1.807) is 11.9 Å². The Balaban J connectivity index is 1.58. The molecule has 2 aromatic rings. The summed E-state index contributed by atoms with van der Waals surface area (Å²) in [6.45, 7) is 2.48. The second-order valence-electron chi connectivity index (χ2n) is 9.99. The fourth-order valence-corrected chi connectivity index (χ4v) is 5.56. The lowest BCUT2D eigenvalue weighted by atomic mass is 9.83. The number of amides is 3. The zero-order valence-corrected chi connectivity index (χ0v) is 21.4. The third-order valence-electron chi connectivity index (χ3n) is 7.72. The third kappa shape index (κ3) is 5.78. The van der Waals surface area contributed by atoms with Crippen LogP contribution in [0.4, 0.5) is 11.4 Å². The van der Waals surface area contributed by atoms with Crippen LogP contribution in [0.1, 0.15) is 63.5 Å². The maximum atomic E-state index is 14.0. The van der Waals surface area contributed by atoms with Gasteiger partial charge in [-0.1, -0.05) is 49.6 Å². The Morgan fingerprint density at radius 3 is 2.39 bits per heavy atom. The zero-order valence-electron chi connectivity index (χ0n) is 21.4. The van der Waals surface area contributed by atoms with Crippen molar-refractivity contribution in [1.82, 2.24) is 15.5 Å². The molecule has 192 valence electrons. The van der Waals surface area contributed by atoms with Gasteiger partial charge in [-0.2, -0.15) is 0 Å². The molecule has 36 heavy (non-hydrogen) atoms. The van der Waals surface area contributed by atoms with Crippen LogP contribution in [0.15, 0.2) is 54.6 Å². The summed E-state index contributed by atoms with van der Waals surface area (Å²) in [5.74, 6) is 0.0425. The van der Waals surface area contributed by atoms with Crippen LogP contribution in [0.2, 0.25) is 0 Å². The minimum atomic E-state index is -0.506. The van der Waals surface area contributed by atoms with Gasteiger partial charge in [0.15, 0.2) is 0 Å². The molecule has 0 spiro atoms. The third-order valence-corrected chi connectivity index (χ3v) is 7.72. The highest BCUT2D eigenvalue weighted by Gasteiger charge is 2.39. The van der Waals surface area contributed by atoms with Gasteiger partial charge in [0.2, 0.25) is 18.2 Å². The quantitative estimate of drug-likeness (QED) is 0.513. The molecular formula is C29H38N4O3. The molecule has 2 N–H and O–H groups in total. The first kappa shape index (κ1) is 25.9. The number of nitrogens with one attached hydrogen (secondary N) is 2. The highest BCUT2D eigenvalue weighted by Crippen LogP contribution is 2.37. The molecule has 0 aromatic heterocycles. The number of para-hydroxylation sites is 1. The zero-order chi connectivity index (χ0) is 25.5. The Bertz CT molecular complexity index is 1040. The minimum absolute atomic E-state index is 0.0155. The summed E-state index contributed by atoms with van der Waals surface area (Å²) >= 11 is 0. The molecule has 2 aliphatic rings. The number of carbonyl (C=O) groups excluding carboxylic acids is 3. The lowest BCUT2D eigenvalue weighted by Gasteiger charge is -2.35. The molecule has 1 aliphatic heterocycles. The van der Waals surface area contributed by atoms with E-state index in [-0.39, 0.29) is 29.8 Å². The molecular weight excluding hydrogens is 452 g/mol. The Labute approximate surface area is 214 Å². The van der Waals surface area contributed by atoms with Crippen LogP contribution < -0.4 is 15.5 Å². The van der Waals surface area contributed by atoms with Crippen LogP contribution in [0.3, 0.4) is 0 Å². The summed E-state index contributed by atoms with van der Waals surface area (Å²) < 4.78 is 0. The largest absolute Gasteiger partial charge is 0.343 e. The molecule has 7 nitrogen and oxygen atoms in total. The van der Waals surface area contributed by atoms with Crippen molar-refractivity contribution in [2.75, 3.05) is 18.5 Å². The molecule has 1 aliphatic carbocycles. The van der Waals surface area contributed by atoms with E-state index in [2.05, 4.69) is 10.6 Å². The van der Waals surface area contributed by atoms with E-state index in [9.17, 15) is 14.4 Å². The van der Waals surface area contributed by atoms with Crippen molar-refractivity contribution in [3.05, 3.63) is 60.2 Å². The van der Waals surface area contributed by atoms with Gasteiger partial charge in [0.25, 0.3) is 0 Å². The molecule has 0 unspecified atom stereocenters. The maximum Gasteiger partial charge on any atom is 0.245 e. The van der Waals surface area contributed by atoms with Gasteiger partial charge in [0, 0.05) is 17.9 Å². The average molecular weight is 491 g/mol. The second-order valence-corrected chi connectivity index (χ2v) is 9.99. The van der Waals surface area contributed by atoms with E-state index >= 15 is 0 Å². The van der Waals surface area contributed by atoms with E-state index < -0.39 is 6.04 Å². The summed E-state index contributed by atoms with van der Waals surface area (Å²) in [5, 5.41) is 6.08. The first-order valence-electron chi connectivity index (χ1n) is 13.2. The number of benzene rings is 2. The number of likely N-dealkylation sites (N-methyl/N-ethyl adjacent to an activating group) is 1. The predicted octanol–water partition coefficient (Wildman–Crippen LogP) is 4.32. The van der Waals surface area contributed by atoms with Crippen molar-refractivity contribution in [2.45, 2.75) is 70.0 Å². The van der Waals surface area contributed by atoms with Crippen LogP contribution >= 0.6 is 0 Å². The Morgan fingerprint density at radius 2 is 1.69 bits per heavy atom. The predicted molar refractivity (Wildman–Crippen MR) is 142 cm³/mol. The van der Waals surface area contributed by atoms with Gasteiger partial charge < -0.3 is 15.5 Å². The van der Waals surface area contributed by atoms with Gasteiger partial charge in [-0.15, -0.1) is 0 Å². The molecule has 2 aromatic carbocycles. The summed E-state index contributed by atoms with van der Waals surface area (Å²) in [6.07, 6.45) is 7.90. The molecule has 4 rings (SSSR count). The standard InChI is InChI=1S/C29H38N4O3/c1-21(30-2)28(35)31-27(22-11-5-3-6-12-22)29(36)32-18-10-17-26(32)23-13-9-16-25(19-23)33(20-34)24-14-7-4-8-15-24/h4,7-9,13-16,19-22,26-27,30H,3,5-6,10-12,17-18H2,1-2H3,(H,31,35)/t21-,26-,27-/m0/s1. The molecule has 1 saturated carbocycles. The van der Waals surface area contributed by atoms with Gasteiger partial charge in [-0.3, -0.25) is 19.3 Å². The fourth-order valence-electron chi connectivity index (χ4n) is 5.56. The topological polar surface area (TPSA) is 81.8 Å².